The summed E-state index contributed by atoms with van der Waals surface area (Å²) in [6.45, 7) is 4.44. The fourth-order valence-corrected chi connectivity index (χ4v) is 4.12. The normalized spacial score (nSPS) is 13.7. The number of carbonyl (C=O) groups excluding carboxylic acids is 1. The first kappa shape index (κ1) is 17.6. The fraction of sp³-hybridized carbons (Fsp3) is 0.300. The lowest BCUT2D eigenvalue weighted by Gasteiger charge is -2.16. The Bertz CT molecular complexity index is 935. The number of nitrogens with one attached hydrogen (secondary N) is 1. The summed E-state index contributed by atoms with van der Waals surface area (Å²) in [5.41, 5.74) is 2.56. The van der Waals surface area contributed by atoms with Gasteiger partial charge in [0.05, 0.1) is 11.4 Å². The predicted molar refractivity (Wildman–Crippen MR) is 107 cm³/mol. The third-order valence-corrected chi connectivity index (χ3v) is 5.76. The van der Waals surface area contributed by atoms with Crippen molar-refractivity contribution in [3.63, 3.8) is 0 Å². The highest BCUT2D eigenvalue weighted by Gasteiger charge is 2.17. The van der Waals surface area contributed by atoms with Gasteiger partial charge in [0, 0.05) is 32.0 Å². The second-order valence-corrected chi connectivity index (χ2v) is 7.55. The molecule has 1 fully saturated rings. The number of rotatable bonds is 5. The molecule has 0 bridgehead atoms. The number of aryl methyl sites for hydroxylation is 1. The molecule has 1 aliphatic rings. The lowest BCUT2D eigenvalue weighted by atomic mass is 10.2. The van der Waals surface area contributed by atoms with E-state index in [9.17, 15) is 4.79 Å². The standard InChI is InChI=1S/C20H21N5OS/c1-14-18(27-20(24-14)16-6-2-3-8-21-16)19(26)23-13-15-7-9-22-17(12-15)25-10-4-5-11-25/h2-3,6-9,12H,4-5,10-11,13H2,1H3,(H,23,26). The van der Waals surface area contributed by atoms with E-state index in [1.54, 1.807) is 6.20 Å². The van der Waals surface area contributed by atoms with E-state index < -0.39 is 0 Å². The average molecular weight is 379 g/mol. The number of amides is 1. The van der Waals surface area contributed by atoms with Gasteiger partial charge < -0.3 is 10.2 Å². The van der Waals surface area contributed by atoms with Crippen LogP contribution in [0, 0.1) is 6.92 Å². The molecule has 0 atom stereocenters. The lowest BCUT2D eigenvalue weighted by molar-refractivity contribution is 0.0954. The molecule has 7 heteroatoms. The highest BCUT2D eigenvalue weighted by molar-refractivity contribution is 7.17. The third kappa shape index (κ3) is 3.98. The molecule has 0 unspecified atom stereocenters. The largest absolute Gasteiger partial charge is 0.357 e. The van der Waals surface area contributed by atoms with Crippen molar-refractivity contribution in [3.05, 3.63) is 58.9 Å². The molecule has 0 radical (unpaired) electrons. The first-order valence-corrected chi connectivity index (χ1v) is 9.89. The Morgan fingerprint density at radius 3 is 2.81 bits per heavy atom. The molecule has 3 aromatic rings. The van der Waals surface area contributed by atoms with Crippen LogP contribution in [0.15, 0.2) is 42.7 Å². The minimum atomic E-state index is -0.105. The van der Waals surface area contributed by atoms with E-state index in [2.05, 4.69) is 31.2 Å². The molecule has 4 heterocycles. The lowest BCUT2D eigenvalue weighted by Crippen LogP contribution is -2.23. The summed E-state index contributed by atoms with van der Waals surface area (Å²) in [5.74, 6) is 0.886. The molecular weight excluding hydrogens is 358 g/mol. The second-order valence-electron chi connectivity index (χ2n) is 6.55. The van der Waals surface area contributed by atoms with Crippen LogP contribution >= 0.6 is 11.3 Å². The van der Waals surface area contributed by atoms with Crippen LogP contribution in [-0.4, -0.2) is 33.9 Å². The Kier molecular flexibility index (Phi) is 5.11. The van der Waals surface area contributed by atoms with Crippen molar-refractivity contribution in [2.45, 2.75) is 26.3 Å². The Hall–Kier alpha value is -2.80. The monoisotopic (exact) mass is 379 g/mol. The Labute approximate surface area is 162 Å². The number of carbonyl (C=O) groups is 1. The van der Waals surface area contributed by atoms with Crippen molar-refractivity contribution >= 4 is 23.1 Å². The molecular formula is C20H21N5OS. The van der Waals surface area contributed by atoms with Crippen molar-refractivity contribution in [3.8, 4) is 10.7 Å². The van der Waals surface area contributed by atoms with Crippen molar-refractivity contribution in [1.29, 1.82) is 0 Å². The highest BCUT2D eigenvalue weighted by Crippen LogP contribution is 2.26. The predicted octanol–water partition coefficient (Wildman–Crippen LogP) is 3.44. The molecule has 0 spiro atoms. The number of thiazole rings is 1. The number of hydrogen-bond acceptors (Lipinski definition) is 6. The molecule has 0 aliphatic carbocycles. The van der Waals surface area contributed by atoms with Crippen LogP contribution in [0.3, 0.4) is 0 Å². The second kappa shape index (κ2) is 7.84. The zero-order valence-corrected chi connectivity index (χ0v) is 16.0. The van der Waals surface area contributed by atoms with Crippen LogP contribution < -0.4 is 10.2 Å². The molecule has 3 aromatic heterocycles. The maximum atomic E-state index is 12.6. The smallest absolute Gasteiger partial charge is 0.263 e. The molecule has 1 aliphatic heterocycles. The van der Waals surface area contributed by atoms with E-state index in [4.69, 9.17) is 0 Å². The van der Waals surface area contributed by atoms with Crippen LogP contribution in [0.25, 0.3) is 10.7 Å². The zero-order chi connectivity index (χ0) is 18.6. The molecule has 4 rings (SSSR count). The van der Waals surface area contributed by atoms with E-state index in [1.807, 2.05) is 37.4 Å². The number of anilines is 1. The van der Waals surface area contributed by atoms with Crippen LogP contribution in [0.2, 0.25) is 0 Å². The van der Waals surface area contributed by atoms with Gasteiger partial charge in [-0.1, -0.05) is 6.07 Å². The van der Waals surface area contributed by atoms with Crippen molar-refractivity contribution in [2.75, 3.05) is 18.0 Å². The first-order valence-electron chi connectivity index (χ1n) is 9.07. The Morgan fingerprint density at radius 1 is 1.19 bits per heavy atom. The fourth-order valence-electron chi connectivity index (χ4n) is 3.16. The van der Waals surface area contributed by atoms with Gasteiger partial charge in [0.25, 0.3) is 5.91 Å². The quantitative estimate of drug-likeness (QED) is 0.735. The van der Waals surface area contributed by atoms with Crippen LogP contribution in [-0.2, 0) is 6.54 Å². The van der Waals surface area contributed by atoms with Crippen LogP contribution in [0.1, 0.15) is 33.8 Å². The highest BCUT2D eigenvalue weighted by atomic mass is 32.1. The van der Waals surface area contributed by atoms with Gasteiger partial charge in [0.2, 0.25) is 0 Å². The maximum absolute atomic E-state index is 12.6. The summed E-state index contributed by atoms with van der Waals surface area (Å²) in [6, 6.07) is 9.68. The minimum Gasteiger partial charge on any atom is -0.357 e. The summed E-state index contributed by atoms with van der Waals surface area (Å²) in [4.78, 5) is 28.8. The van der Waals surface area contributed by atoms with Gasteiger partial charge in [0.15, 0.2) is 0 Å². The SMILES string of the molecule is Cc1nc(-c2ccccn2)sc1C(=O)NCc1ccnc(N2CCCC2)c1. The van der Waals surface area contributed by atoms with Crippen molar-refractivity contribution in [2.24, 2.45) is 0 Å². The molecule has 0 aromatic carbocycles. The van der Waals surface area contributed by atoms with Gasteiger partial charge in [-0.15, -0.1) is 11.3 Å². The van der Waals surface area contributed by atoms with Crippen molar-refractivity contribution in [1.82, 2.24) is 20.3 Å². The van der Waals surface area contributed by atoms with Gasteiger partial charge in [-0.25, -0.2) is 9.97 Å². The molecule has 1 N–H and O–H groups in total. The van der Waals surface area contributed by atoms with Crippen LogP contribution in [0.4, 0.5) is 5.82 Å². The van der Waals surface area contributed by atoms with E-state index in [0.29, 0.717) is 11.4 Å². The zero-order valence-electron chi connectivity index (χ0n) is 15.2. The van der Waals surface area contributed by atoms with E-state index in [-0.39, 0.29) is 5.91 Å². The number of nitrogens with zero attached hydrogens (tertiary/aromatic N) is 4. The minimum absolute atomic E-state index is 0.105. The van der Waals surface area contributed by atoms with E-state index >= 15 is 0 Å². The van der Waals surface area contributed by atoms with Gasteiger partial charge in [-0.2, -0.15) is 0 Å². The molecule has 1 amide bonds. The van der Waals surface area contributed by atoms with Crippen molar-refractivity contribution < 1.29 is 4.79 Å². The van der Waals surface area contributed by atoms with Gasteiger partial charge >= 0.3 is 0 Å². The molecule has 27 heavy (non-hydrogen) atoms. The average Bonchev–Trinajstić information content (AvgIpc) is 3.37. The Morgan fingerprint density at radius 2 is 2.04 bits per heavy atom. The first-order chi connectivity index (χ1) is 13.2. The molecule has 138 valence electrons. The summed E-state index contributed by atoms with van der Waals surface area (Å²) >= 11 is 1.37. The van der Waals surface area contributed by atoms with E-state index in [0.717, 1.165) is 40.9 Å². The third-order valence-electron chi connectivity index (χ3n) is 4.58. The summed E-state index contributed by atoms with van der Waals surface area (Å²) in [7, 11) is 0. The summed E-state index contributed by atoms with van der Waals surface area (Å²) in [5, 5.41) is 3.77. The molecule has 6 nitrogen and oxygen atoms in total. The topological polar surface area (TPSA) is 71.0 Å². The maximum Gasteiger partial charge on any atom is 0.263 e. The number of pyridine rings is 2. The van der Waals surface area contributed by atoms with Gasteiger partial charge in [-0.05, 0) is 49.6 Å². The summed E-state index contributed by atoms with van der Waals surface area (Å²) in [6.07, 6.45) is 5.97. The summed E-state index contributed by atoms with van der Waals surface area (Å²) < 4.78 is 0. The number of aromatic nitrogens is 3. The Balaban J connectivity index is 1.44. The molecule has 0 saturated carbocycles. The van der Waals surface area contributed by atoms with Gasteiger partial charge in [0.1, 0.15) is 15.7 Å². The van der Waals surface area contributed by atoms with Gasteiger partial charge in [-0.3, -0.25) is 9.78 Å². The van der Waals surface area contributed by atoms with Crippen LogP contribution in [0.5, 0.6) is 0 Å². The van der Waals surface area contributed by atoms with E-state index in [1.165, 1.54) is 24.2 Å². The number of hydrogen-bond donors (Lipinski definition) is 1. The molecule has 1 saturated heterocycles.